The van der Waals surface area contributed by atoms with E-state index in [0.717, 1.165) is 48.3 Å². The summed E-state index contributed by atoms with van der Waals surface area (Å²) < 4.78 is 5.47. The fraction of sp³-hybridized carbons (Fsp3) is 0.471. The van der Waals surface area contributed by atoms with Crippen LogP contribution in [0.3, 0.4) is 0 Å². The maximum Gasteiger partial charge on any atom is 0.189 e. The first-order chi connectivity index (χ1) is 10.2. The lowest BCUT2D eigenvalue weighted by Gasteiger charge is -2.22. The highest BCUT2D eigenvalue weighted by molar-refractivity contribution is 5.79. The van der Waals surface area contributed by atoms with Gasteiger partial charge in [-0.2, -0.15) is 0 Å². The zero-order valence-corrected chi connectivity index (χ0v) is 12.4. The van der Waals surface area contributed by atoms with Gasteiger partial charge in [-0.15, -0.1) is 0 Å². The van der Waals surface area contributed by atoms with E-state index in [4.69, 9.17) is 4.74 Å². The Hall–Kier alpha value is -1.65. The van der Waals surface area contributed by atoms with Crippen LogP contribution in [0.4, 0.5) is 0 Å². The standard InChI is InChI=1S/C17H22N2O2/c1-12-4-5-16-15(7-12)17(20)8-14(19-16)10-18-9-13-3-2-6-21-11-13/h4-5,7-8,13,18H,2-3,6,9-11H2,1H3,(H,19,20)/t13-/m0/s1. The molecule has 1 aromatic carbocycles. The quantitative estimate of drug-likeness (QED) is 0.907. The van der Waals surface area contributed by atoms with Gasteiger partial charge in [0.1, 0.15) is 0 Å². The maximum absolute atomic E-state index is 12.1. The van der Waals surface area contributed by atoms with Crippen molar-refractivity contribution in [2.24, 2.45) is 5.92 Å². The molecule has 3 rings (SSSR count). The third-order valence-electron chi connectivity index (χ3n) is 4.04. The minimum Gasteiger partial charge on any atom is -0.381 e. The summed E-state index contributed by atoms with van der Waals surface area (Å²) >= 11 is 0. The largest absolute Gasteiger partial charge is 0.381 e. The van der Waals surface area contributed by atoms with E-state index in [1.807, 2.05) is 25.1 Å². The van der Waals surface area contributed by atoms with Gasteiger partial charge in [-0.05, 0) is 37.8 Å². The van der Waals surface area contributed by atoms with E-state index in [0.29, 0.717) is 12.5 Å². The van der Waals surface area contributed by atoms with Crippen molar-refractivity contribution in [3.63, 3.8) is 0 Å². The van der Waals surface area contributed by atoms with Crippen molar-refractivity contribution in [2.75, 3.05) is 19.8 Å². The summed E-state index contributed by atoms with van der Waals surface area (Å²) in [6, 6.07) is 7.64. The van der Waals surface area contributed by atoms with E-state index in [1.165, 1.54) is 6.42 Å². The van der Waals surface area contributed by atoms with Gasteiger partial charge in [0.05, 0.1) is 6.61 Å². The number of benzene rings is 1. The Bertz CT molecular complexity index is 672. The normalized spacial score (nSPS) is 19.0. The number of rotatable bonds is 4. The molecule has 2 N–H and O–H groups in total. The monoisotopic (exact) mass is 286 g/mol. The van der Waals surface area contributed by atoms with Crippen LogP contribution >= 0.6 is 0 Å². The van der Waals surface area contributed by atoms with E-state index < -0.39 is 0 Å². The smallest absolute Gasteiger partial charge is 0.189 e. The number of ether oxygens (including phenoxy) is 1. The predicted octanol–water partition coefficient (Wildman–Crippen LogP) is 2.35. The Balaban J connectivity index is 1.67. The van der Waals surface area contributed by atoms with Crippen LogP contribution in [0.1, 0.15) is 24.1 Å². The van der Waals surface area contributed by atoms with Crippen LogP contribution in [0.5, 0.6) is 0 Å². The van der Waals surface area contributed by atoms with E-state index in [9.17, 15) is 4.79 Å². The molecular formula is C17H22N2O2. The molecular weight excluding hydrogens is 264 g/mol. The van der Waals surface area contributed by atoms with Crippen molar-refractivity contribution in [1.29, 1.82) is 0 Å². The predicted molar refractivity (Wildman–Crippen MR) is 84.6 cm³/mol. The highest BCUT2D eigenvalue weighted by Crippen LogP contribution is 2.13. The summed E-state index contributed by atoms with van der Waals surface area (Å²) in [5, 5.41) is 4.19. The lowest BCUT2D eigenvalue weighted by atomic mass is 10.0. The molecule has 1 aromatic heterocycles. The van der Waals surface area contributed by atoms with Crippen LogP contribution < -0.4 is 10.7 Å². The fourth-order valence-corrected chi connectivity index (χ4v) is 2.89. The van der Waals surface area contributed by atoms with E-state index in [-0.39, 0.29) is 5.43 Å². The molecule has 1 aliphatic rings. The highest BCUT2D eigenvalue weighted by Gasteiger charge is 2.13. The van der Waals surface area contributed by atoms with E-state index in [2.05, 4.69) is 10.3 Å². The average molecular weight is 286 g/mol. The maximum atomic E-state index is 12.1. The molecule has 1 aliphatic heterocycles. The number of fused-ring (bicyclic) bond motifs is 1. The zero-order chi connectivity index (χ0) is 14.7. The first kappa shape index (κ1) is 14.3. The number of aromatic amines is 1. The molecule has 2 aromatic rings. The SMILES string of the molecule is Cc1ccc2[nH]c(CNC[C@@H]3CCCOC3)cc(=O)c2c1. The van der Waals surface area contributed by atoms with Gasteiger partial charge >= 0.3 is 0 Å². The Kier molecular flexibility index (Phi) is 4.36. The summed E-state index contributed by atoms with van der Waals surface area (Å²) in [6.45, 7) is 5.37. The van der Waals surface area contributed by atoms with E-state index >= 15 is 0 Å². The van der Waals surface area contributed by atoms with Crippen LogP contribution in [0.2, 0.25) is 0 Å². The first-order valence-corrected chi connectivity index (χ1v) is 7.63. The lowest BCUT2D eigenvalue weighted by Crippen LogP contribution is -2.29. The van der Waals surface area contributed by atoms with Crippen LogP contribution in [-0.2, 0) is 11.3 Å². The second kappa shape index (κ2) is 6.41. The number of aromatic nitrogens is 1. The van der Waals surface area contributed by atoms with Crippen molar-refractivity contribution in [3.05, 3.63) is 45.7 Å². The molecule has 0 saturated carbocycles. The number of hydrogen-bond acceptors (Lipinski definition) is 3. The number of aryl methyl sites for hydroxylation is 1. The molecule has 0 unspecified atom stereocenters. The molecule has 0 bridgehead atoms. The number of H-pyrrole nitrogens is 1. The van der Waals surface area contributed by atoms with Gasteiger partial charge in [0.25, 0.3) is 0 Å². The van der Waals surface area contributed by atoms with Crippen LogP contribution in [0, 0.1) is 12.8 Å². The Morgan fingerprint density at radius 1 is 1.38 bits per heavy atom. The summed E-state index contributed by atoms with van der Waals surface area (Å²) in [4.78, 5) is 15.5. The molecule has 1 saturated heterocycles. The Labute approximate surface area is 124 Å². The Morgan fingerprint density at radius 3 is 3.10 bits per heavy atom. The third-order valence-corrected chi connectivity index (χ3v) is 4.04. The van der Waals surface area contributed by atoms with Crippen molar-refractivity contribution in [3.8, 4) is 0 Å². The van der Waals surface area contributed by atoms with Gasteiger partial charge in [-0.25, -0.2) is 0 Å². The van der Waals surface area contributed by atoms with E-state index in [1.54, 1.807) is 6.07 Å². The minimum absolute atomic E-state index is 0.0882. The van der Waals surface area contributed by atoms with Gasteiger partial charge in [0, 0.05) is 42.4 Å². The summed E-state index contributed by atoms with van der Waals surface area (Å²) in [5.41, 5.74) is 3.04. The summed E-state index contributed by atoms with van der Waals surface area (Å²) in [6.07, 6.45) is 2.37. The van der Waals surface area contributed by atoms with Gasteiger partial charge < -0.3 is 15.0 Å². The van der Waals surface area contributed by atoms with Crippen molar-refractivity contribution in [1.82, 2.24) is 10.3 Å². The molecule has 112 valence electrons. The molecule has 0 amide bonds. The Morgan fingerprint density at radius 2 is 2.29 bits per heavy atom. The lowest BCUT2D eigenvalue weighted by molar-refractivity contribution is 0.0547. The van der Waals surface area contributed by atoms with Crippen molar-refractivity contribution < 1.29 is 4.74 Å². The molecule has 21 heavy (non-hydrogen) atoms. The van der Waals surface area contributed by atoms with Crippen LogP contribution in [-0.4, -0.2) is 24.7 Å². The fourth-order valence-electron chi connectivity index (χ4n) is 2.89. The van der Waals surface area contributed by atoms with Gasteiger partial charge in [-0.3, -0.25) is 4.79 Å². The third kappa shape index (κ3) is 3.52. The molecule has 4 heteroatoms. The number of pyridine rings is 1. The van der Waals surface area contributed by atoms with Gasteiger partial charge in [-0.1, -0.05) is 11.6 Å². The number of nitrogens with one attached hydrogen (secondary N) is 2. The molecule has 1 atom stereocenters. The van der Waals surface area contributed by atoms with Crippen LogP contribution in [0.25, 0.3) is 10.9 Å². The molecule has 0 spiro atoms. The average Bonchev–Trinajstić information content (AvgIpc) is 2.49. The van der Waals surface area contributed by atoms with Crippen molar-refractivity contribution in [2.45, 2.75) is 26.3 Å². The number of hydrogen-bond donors (Lipinski definition) is 2. The topological polar surface area (TPSA) is 54.1 Å². The summed E-state index contributed by atoms with van der Waals surface area (Å²) in [7, 11) is 0. The molecule has 2 heterocycles. The molecule has 1 fully saturated rings. The molecule has 0 radical (unpaired) electrons. The van der Waals surface area contributed by atoms with Gasteiger partial charge in [0.2, 0.25) is 0 Å². The van der Waals surface area contributed by atoms with Gasteiger partial charge in [0.15, 0.2) is 5.43 Å². The minimum atomic E-state index is 0.0882. The zero-order valence-electron chi connectivity index (χ0n) is 12.4. The molecule has 0 aliphatic carbocycles. The summed E-state index contributed by atoms with van der Waals surface area (Å²) in [5.74, 6) is 0.591. The highest BCUT2D eigenvalue weighted by atomic mass is 16.5. The second-order valence-electron chi connectivity index (χ2n) is 5.92. The van der Waals surface area contributed by atoms with Crippen LogP contribution in [0.15, 0.2) is 29.1 Å². The molecule has 4 nitrogen and oxygen atoms in total. The second-order valence-corrected chi connectivity index (χ2v) is 5.92. The van der Waals surface area contributed by atoms with Crippen molar-refractivity contribution >= 4 is 10.9 Å². The first-order valence-electron chi connectivity index (χ1n) is 7.63.